The van der Waals surface area contributed by atoms with Crippen LogP contribution in [0.1, 0.15) is 21.5 Å². The number of anilines is 1. The van der Waals surface area contributed by atoms with Crippen molar-refractivity contribution in [2.75, 3.05) is 18.6 Å². The van der Waals surface area contributed by atoms with Crippen molar-refractivity contribution in [2.45, 2.75) is 19.5 Å². The molecule has 2 aromatic carbocycles. The van der Waals surface area contributed by atoms with Gasteiger partial charge in [0, 0.05) is 25.5 Å². The molecule has 0 spiro atoms. The lowest BCUT2D eigenvalue weighted by Gasteiger charge is -2.19. The third kappa shape index (κ3) is 6.15. The predicted octanol–water partition coefficient (Wildman–Crippen LogP) is 3.89. The van der Waals surface area contributed by atoms with Crippen LogP contribution >= 0.6 is 0 Å². The van der Waals surface area contributed by atoms with Gasteiger partial charge in [-0.1, -0.05) is 12.1 Å². The second kappa shape index (κ2) is 10.6. The Morgan fingerprint density at radius 2 is 1.70 bits per heavy atom. The minimum absolute atomic E-state index is 0.0514. The quantitative estimate of drug-likeness (QED) is 0.458. The van der Waals surface area contributed by atoms with E-state index in [4.69, 9.17) is 4.74 Å². The maximum atomic E-state index is 13.0. The monoisotopic (exact) mass is 514 g/mol. The summed E-state index contributed by atoms with van der Waals surface area (Å²) in [5, 5.41) is 2.80. The summed E-state index contributed by atoms with van der Waals surface area (Å²) in [5.74, 6) is -0.758. The highest BCUT2D eigenvalue weighted by molar-refractivity contribution is 6.19. The molecule has 1 fully saturated rings. The van der Waals surface area contributed by atoms with E-state index in [1.54, 1.807) is 25.3 Å². The number of carbonyl (C=O) groups excluding carboxylic acids is 3. The van der Waals surface area contributed by atoms with Gasteiger partial charge in [0.15, 0.2) is 0 Å². The fraction of sp³-hybridized carbons (Fsp3) is 0.200. The van der Waals surface area contributed by atoms with Crippen LogP contribution in [0.2, 0.25) is 0 Å². The van der Waals surface area contributed by atoms with E-state index in [1.807, 2.05) is 12.1 Å². The largest absolute Gasteiger partial charge is 0.573 e. The zero-order chi connectivity index (χ0) is 26.6. The van der Waals surface area contributed by atoms with Gasteiger partial charge in [-0.3, -0.25) is 14.6 Å². The molecule has 1 aliphatic rings. The number of imide groups is 1. The van der Waals surface area contributed by atoms with Crippen molar-refractivity contribution in [1.82, 2.24) is 15.2 Å². The van der Waals surface area contributed by atoms with E-state index < -0.39 is 30.0 Å². The fourth-order valence-corrected chi connectivity index (χ4v) is 3.72. The zero-order valence-electron chi connectivity index (χ0n) is 19.5. The van der Waals surface area contributed by atoms with E-state index in [-0.39, 0.29) is 30.9 Å². The average Bonchev–Trinajstić information content (AvgIpc) is 3.15. The highest BCUT2D eigenvalue weighted by Crippen LogP contribution is 2.28. The Kier molecular flexibility index (Phi) is 7.27. The molecule has 12 heteroatoms. The molecule has 1 aromatic heterocycles. The Balaban J connectivity index is 1.43. The Bertz CT molecular complexity index is 1300. The maximum Gasteiger partial charge on any atom is 0.573 e. The summed E-state index contributed by atoms with van der Waals surface area (Å²) in [6.07, 6.45) is -2.02. The summed E-state index contributed by atoms with van der Waals surface area (Å²) < 4.78 is 46.1. The zero-order valence-corrected chi connectivity index (χ0v) is 19.5. The molecule has 1 saturated heterocycles. The number of amides is 4. The molecule has 1 aliphatic heterocycles. The standard InChI is InChI=1S/C25H21F3N4O5/c1-36-19-6-2-16(3-7-19)12-30-23(34)21-13-29-11-10-17(21)14-31-15-22(33)32(24(31)35)18-4-8-20(9-5-18)37-25(26,27)28/h2-11,13H,12,14-15H2,1H3,(H,30,34). The van der Waals surface area contributed by atoms with Crippen LogP contribution in [0.25, 0.3) is 0 Å². The van der Waals surface area contributed by atoms with E-state index in [9.17, 15) is 27.6 Å². The number of alkyl halides is 3. The molecule has 0 aliphatic carbocycles. The summed E-state index contributed by atoms with van der Waals surface area (Å²) in [4.78, 5) is 44.5. The molecule has 0 atom stereocenters. The number of halogens is 3. The van der Waals surface area contributed by atoms with Crippen molar-refractivity contribution in [3.8, 4) is 11.5 Å². The van der Waals surface area contributed by atoms with Crippen LogP contribution in [0.3, 0.4) is 0 Å². The van der Waals surface area contributed by atoms with Crippen molar-refractivity contribution < 1.29 is 37.0 Å². The highest BCUT2D eigenvalue weighted by atomic mass is 19.4. The highest BCUT2D eigenvalue weighted by Gasteiger charge is 2.38. The molecule has 0 unspecified atom stereocenters. The van der Waals surface area contributed by atoms with Crippen LogP contribution in [0.5, 0.6) is 11.5 Å². The Morgan fingerprint density at radius 1 is 1.03 bits per heavy atom. The predicted molar refractivity (Wildman–Crippen MR) is 125 cm³/mol. The van der Waals surface area contributed by atoms with E-state index in [0.717, 1.165) is 22.6 Å². The Morgan fingerprint density at radius 3 is 2.35 bits per heavy atom. The molecule has 0 bridgehead atoms. The van der Waals surface area contributed by atoms with Gasteiger partial charge in [0.25, 0.3) is 11.8 Å². The van der Waals surface area contributed by atoms with Crippen LogP contribution in [-0.4, -0.2) is 47.7 Å². The molecule has 4 rings (SSSR count). The molecule has 4 amide bonds. The molecular weight excluding hydrogens is 493 g/mol. The molecule has 1 N–H and O–H groups in total. The number of nitrogens with zero attached hydrogens (tertiary/aromatic N) is 3. The van der Waals surface area contributed by atoms with Gasteiger partial charge in [-0.25, -0.2) is 9.69 Å². The van der Waals surface area contributed by atoms with Crippen LogP contribution in [0.4, 0.5) is 23.7 Å². The third-order valence-electron chi connectivity index (χ3n) is 5.50. The minimum Gasteiger partial charge on any atom is -0.497 e. The van der Waals surface area contributed by atoms with Gasteiger partial charge in [-0.2, -0.15) is 0 Å². The Hall–Kier alpha value is -4.61. The number of hydrogen-bond acceptors (Lipinski definition) is 6. The first-order valence-electron chi connectivity index (χ1n) is 11.0. The second-order valence-corrected chi connectivity index (χ2v) is 7.97. The smallest absolute Gasteiger partial charge is 0.497 e. The SMILES string of the molecule is COc1ccc(CNC(=O)c2cnccc2CN2CC(=O)N(c3ccc(OC(F)(F)F)cc3)C2=O)cc1. The number of benzene rings is 2. The number of urea groups is 1. The molecule has 0 radical (unpaired) electrons. The fourth-order valence-electron chi connectivity index (χ4n) is 3.72. The molecule has 37 heavy (non-hydrogen) atoms. The van der Waals surface area contributed by atoms with Gasteiger partial charge in [-0.05, 0) is 53.6 Å². The van der Waals surface area contributed by atoms with Crippen LogP contribution in [0, 0.1) is 0 Å². The molecular formula is C25H21F3N4O5. The first-order valence-corrected chi connectivity index (χ1v) is 11.0. The molecule has 2 heterocycles. The number of rotatable bonds is 8. The van der Waals surface area contributed by atoms with E-state index in [1.165, 1.54) is 29.4 Å². The van der Waals surface area contributed by atoms with Crippen molar-refractivity contribution in [3.63, 3.8) is 0 Å². The molecule has 192 valence electrons. The number of aromatic nitrogens is 1. The van der Waals surface area contributed by atoms with Gasteiger partial charge >= 0.3 is 12.4 Å². The van der Waals surface area contributed by atoms with E-state index in [0.29, 0.717) is 11.3 Å². The van der Waals surface area contributed by atoms with Crippen LogP contribution < -0.4 is 19.7 Å². The number of pyridine rings is 1. The van der Waals surface area contributed by atoms with Crippen LogP contribution in [0.15, 0.2) is 67.0 Å². The molecule has 9 nitrogen and oxygen atoms in total. The summed E-state index contributed by atoms with van der Waals surface area (Å²) in [6, 6.07) is 12.5. The normalized spacial score (nSPS) is 13.6. The van der Waals surface area contributed by atoms with Crippen LogP contribution in [-0.2, 0) is 17.9 Å². The van der Waals surface area contributed by atoms with Gasteiger partial charge in [-0.15, -0.1) is 13.2 Å². The number of carbonyl (C=O) groups is 3. The maximum absolute atomic E-state index is 13.0. The lowest BCUT2D eigenvalue weighted by Crippen LogP contribution is -2.33. The first kappa shape index (κ1) is 25.5. The van der Waals surface area contributed by atoms with E-state index in [2.05, 4.69) is 15.0 Å². The number of ether oxygens (including phenoxy) is 2. The molecule has 0 saturated carbocycles. The van der Waals surface area contributed by atoms with Crippen molar-refractivity contribution >= 4 is 23.5 Å². The summed E-state index contributed by atoms with van der Waals surface area (Å²) >= 11 is 0. The lowest BCUT2D eigenvalue weighted by molar-refractivity contribution is -0.274. The van der Waals surface area contributed by atoms with Crippen molar-refractivity contribution in [2.24, 2.45) is 0 Å². The summed E-state index contributed by atoms with van der Waals surface area (Å²) in [6.45, 7) is -0.0703. The third-order valence-corrected chi connectivity index (χ3v) is 5.50. The average molecular weight is 514 g/mol. The summed E-state index contributed by atoms with van der Waals surface area (Å²) in [5.41, 5.74) is 1.66. The van der Waals surface area contributed by atoms with Crippen molar-refractivity contribution in [1.29, 1.82) is 0 Å². The topological polar surface area (TPSA) is 101 Å². The number of nitrogens with one attached hydrogen (secondary N) is 1. The molecule has 3 aromatic rings. The summed E-state index contributed by atoms with van der Waals surface area (Å²) in [7, 11) is 1.56. The van der Waals surface area contributed by atoms with Gasteiger partial charge < -0.3 is 19.7 Å². The first-order chi connectivity index (χ1) is 17.6. The van der Waals surface area contributed by atoms with E-state index >= 15 is 0 Å². The van der Waals surface area contributed by atoms with Crippen molar-refractivity contribution in [3.05, 3.63) is 83.7 Å². The lowest BCUT2D eigenvalue weighted by atomic mass is 10.1. The van der Waals surface area contributed by atoms with Gasteiger partial charge in [0.05, 0.1) is 18.4 Å². The number of hydrogen-bond donors (Lipinski definition) is 1. The van der Waals surface area contributed by atoms with Gasteiger partial charge in [0.2, 0.25) is 0 Å². The Labute approximate surface area is 209 Å². The van der Waals surface area contributed by atoms with Gasteiger partial charge in [0.1, 0.15) is 18.0 Å². The number of methoxy groups -OCH3 is 1. The minimum atomic E-state index is -4.86. The second-order valence-electron chi connectivity index (χ2n) is 7.97.